The van der Waals surface area contributed by atoms with Crippen molar-refractivity contribution in [3.63, 3.8) is 0 Å². The van der Waals surface area contributed by atoms with Gasteiger partial charge < -0.3 is 24.8 Å². The number of likely N-dealkylation sites (tertiary alicyclic amines) is 1. The number of halogens is 2. The summed E-state index contributed by atoms with van der Waals surface area (Å²) in [4.78, 5) is 58.9. The second kappa shape index (κ2) is 13.6. The van der Waals surface area contributed by atoms with Crippen LogP contribution in [-0.2, 0) is 9.53 Å². The van der Waals surface area contributed by atoms with E-state index in [1.807, 2.05) is 4.90 Å². The van der Waals surface area contributed by atoms with E-state index in [0.717, 1.165) is 19.4 Å². The topological polar surface area (TPSA) is 133 Å². The van der Waals surface area contributed by atoms with Gasteiger partial charge >= 0.3 is 5.97 Å². The van der Waals surface area contributed by atoms with Gasteiger partial charge in [0.1, 0.15) is 27.8 Å². The molecule has 0 radical (unpaired) electrons. The molecule has 230 valence electrons. The van der Waals surface area contributed by atoms with Crippen LogP contribution in [0.15, 0.2) is 12.4 Å². The summed E-state index contributed by atoms with van der Waals surface area (Å²) in [6.45, 7) is 9.25. The third-order valence-electron chi connectivity index (χ3n) is 7.96. The van der Waals surface area contributed by atoms with Gasteiger partial charge in [0.25, 0.3) is 0 Å². The Balaban J connectivity index is 1.26. The fraction of sp³-hybridized carbons (Fsp3) is 0.517. The molecule has 0 bridgehead atoms. The van der Waals surface area contributed by atoms with Crippen LogP contribution in [0.1, 0.15) is 65.4 Å². The highest BCUT2D eigenvalue weighted by molar-refractivity contribution is 7.17. The third-order valence-corrected chi connectivity index (χ3v) is 10.0. The average Bonchev–Trinajstić information content (AvgIpc) is 3.69. The lowest BCUT2D eigenvalue weighted by Gasteiger charge is -2.36. The van der Waals surface area contributed by atoms with Gasteiger partial charge in [0.2, 0.25) is 5.91 Å². The summed E-state index contributed by atoms with van der Waals surface area (Å²) in [7, 11) is 0. The summed E-state index contributed by atoms with van der Waals surface area (Å²) < 4.78 is 5.33. The molecule has 0 unspecified atom stereocenters. The van der Waals surface area contributed by atoms with Crippen LogP contribution in [0.3, 0.4) is 0 Å². The van der Waals surface area contributed by atoms with E-state index in [1.165, 1.54) is 11.3 Å². The summed E-state index contributed by atoms with van der Waals surface area (Å²) in [5.41, 5.74) is 1.95. The Labute approximate surface area is 264 Å². The normalized spacial score (nSPS) is 18.8. The minimum absolute atomic E-state index is 0.0486. The number of rotatable bonds is 11. The number of aromatic amines is 1. The highest BCUT2D eigenvalue weighted by atomic mass is 35.5. The van der Waals surface area contributed by atoms with E-state index in [9.17, 15) is 14.4 Å². The number of aryl methyl sites for hydroxylation is 1. The van der Waals surface area contributed by atoms with Crippen molar-refractivity contribution in [2.75, 3.05) is 49.5 Å². The maximum atomic E-state index is 13.0. The molecule has 0 saturated carbocycles. The first-order chi connectivity index (χ1) is 20.7. The Kier molecular flexibility index (Phi) is 9.88. The zero-order valence-corrected chi connectivity index (χ0v) is 26.7. The van der Waals surface area contributed by atoms with Gasteiger partial charge in [-0.15, -0.1) is 0 Å². The van der Waals surface area contributed by atoms with Crippen LogP contribution in [-0.4, -0.2) is 81.8 Å². The van der Waals surface area contributed by atoms with Gasteiger partial charge in [0.05, 0.1) is 29.0 Å². The third kappa shape index (κ3) is 6.97. The predicted molar refractivity (Wildman–Crippen MR) is 167 cm³/mol. The van der Waals surface area contributed by atoms with Crippen molar-refractivity contribution in [3.8, 4) is 11.4 Å². The molecule has 5 heterocycles. The van der Waals surface area contributed by atoms with Crippen LogP contribution >= 0.6 is 34.5 Å². The zero-order valence-electron chi connectivity index (χ0n) is 24.4. The molecule has 2 aliphatic heterocycles. The highest BCUT2D eigenvalue weighted by Crippen LogP contribution is 2.38. The van der Waals surface area contributed by atoms with E-state index in [1.54, 1.807) is 26.2 Å². The first kappa shape index (κ1) is 31.2. The minimum Gasteiger partial charge on any atom is -0.462 e. The number of esters is 1. The van der Waals surface area contributed by atoms with Crippen LogP contribution < -0.4 is 10.2 Å². The van der Waals surface area contributed by atoms with E-state index in [0.29, 0.717) is 82.6 Å². The Morgan fingerprint density at radius 2 is 2.02 bits per heavy atom. The van der Waals surface area contributed by atoms with Gasteiger partial charge in [-0.25, -0.2) is 19.7 Å². The van der Waals surface area contributed by atoms with Crippen LogP contribution in [0.25, 0.3) is 11.4 Å². The fourth-order valence-corrected chi connectivity index (χ4v) is 6.97. The lowest BCUT2D eigenvalue weighted by atomic mass is 9.83. The average molecular weight is 649 g/mol. The monoisotopic (exact) mass is 647 g/mol. The number of carbonyl (C=O) groups excluding carboxylic acids is 3. The van der Waals surface area contributed by atoms with Crippen LogP contribution in [0.5, 0.6) is 0 Å². The van der Waals surface area contributed by atoms with Gasteiger partial charge in [0, 0.05) is 51.3 Å². The fourth-order valence-electron chi connectivity index (χ4n) is 5.53. The van der Waals surface area contributed by atoms with Crippen LogP contribution in [0.4, 0.5) is 10.9 Å². The van der Waals surface area contributed by atoms with Crippen molar-refractivity contribution < 1.29 is 19.1 Å². The molecule has 2 aliphatic rings. The molecular formula is C29H35Cl2N7O4S. The minimum atomic E-state index is -0.453. The molecular weight excluding hydrogens is 613 g/mol. The lowest BCUT2D eigenvalue weighted by Crippen LogP contribution is -2.40. The number of H-pyrrole nitrogens is 1. The number of nitrogens with one attached hydrogen (secondary N) is 2. The summed E-state index contributed by atoms with van der Waals surface area (Å²) in [6, 6.07) is 0. The van der Waals surface area contributed by atoms with E-state index < -0.39 is 5.97 Å². The molecule has 14 heteroatoms. The molecule has 43 heavy (non-hydrogen) atoms. The maximum absolute atomic E-state index is 13.0. The first-order valence-corrected chi connectivity index (χ1v) is 16.1. The molecule has 2 fully saturated rings. The van der Waals surface area contributed by atoms with Gasteiger partial charge in [-0.05, 0) is 38.5 Å². The smallest absolute Gasteiger partial charge is 0.350 e. The second-order valence-electron chi connectivity index (χ2n) is 10.9. The van der Waals surface area contributed by atoms with Gasteiger partial charge in [-0.2, -0.15) is 0 Å². The molecule has 2 atom stereocenters. The quantitative estimate of drug-likeness (QED) is 0.205. The molecule has 2 saturated heterocycles. The number of ketones is 1. The number of anilines is 2. The van der Waals surface area contributed by atoms with Crippen molar-refractivity contribution in [1.82, 2.24) is 24.8 Å². The number of Topliss-reactive ketones (excluding diaryl/α,β-unsaturated/α-hetero) is 1. The van der Waals surface area contributed by atoms with Crippen molar-refractivity contribution in [2.45, 2.75) is 46.5 Å². The van der Waals surface area contributed by atoms with Crippen LogP contribution in [0, 0.1) is 18.8 Å². The maximum Gasteiger partial charge on any atom is 0.350 e. The second-order valence-corrected chi connectivity index (χ2v) is 12.7. The van der Waals surface area contributed by atoms with Gasteiger partial charge in [-0.1, -0.05) is 41.5 Å². The molecule has 0 aromatic carbocycles. The summed E-state index contributed by atoms with van der Waals surface area (Å²) in [6.07, 6.45) is 5.86. The van der Waals surface area contributed by atoms with Crippen molar-refractivity contribution >= 4 is 63.1 Å². The van der Waals surface area contributed by atoms with E-state index >= 15 is 0 Å². The first-order valence-electron chi connectivity index (χ1n) is 14.5. The number of nitrogens with zero attached hydrogens (tertiary/aromatic N) is 5. The summed E-state index contributed by atoms with van der Waals surface area (Å²) >= 11 is 13.7. The number of hydrogen-bond acceptors (Lipinski definition) is 10. The molecule has 11 nitrogen and oxygen atoms in total. The van der Waals surface area contributed by atoms with Crippen molar-refractivity contribution in [1.29, 1.82) is 0 Å². The Bertz CT molecular complexity index is 1490. The standard InChI is InChI=1S/C29H35Cl2N7O4S/c1-4-42-28(41)27-25(19-13-34-21(14-33-19)32-8-11-37-9-5-6-22(37)40)36-29(43-27)38-10-7-18(16(2)15-38)12-20(39)26-24(31)23(30)17(3)35-26/h13-14,16,18,35H,4-12,15H2,1-3H3,(H,32,34)/t16-,18-/m0/s1. The van der Waals surface area contributed by atoms with E-state index in [2.05, 4.69) is 32.1 Å². The number of amides is 1. The highest BCUT2D eigenvalue weighted by Gasteiger charge is 2.32. The molecule has 2 N–H and O–H groups in total. The Hall–Kier alpha value is -3.22. The zero-order chi connectivity index (χ0) is 30.7. The predicted octanol–water partition coefficient (Wildman–Crippen LogP) is 5.49. The molecule has 1 amide bonds. The lowest BCUT2D eigenvalue weighted by molar-refractivity contribution is -0.127. The summed E-state index contributed by atoms with van der Waals surface area (Å²) in [5.74, 6) is 0.622. The largest absolute Gasteiger partial charge is 0.462 e. The van der Waals surface area contributed by atoms with Crippen molar-refractivity contribution in [2.24, 2.45) is 11.8 Å². The van der Waals surface area contributed by atoms with Gasteiger partial charge in [-0.3, -0.25) is 9.59 Å². The Morgan fingerprint density at radius 1 is 1.21 bits per heavy atom. The number of thiazole rings is 1. The number of ether oxygens (including phenoxy) is 1. The van der Waals surface area contributed by atoms with Gasteiger partial charge in [0.15, 0.2) is 10.9 Å². The number of hydrogen-bond donors (Lipinski definition) is 2. The number of carbonyl (C=O) groups is 3. The van der Waals surface area contributed by atoms with E-state index in [-0.39, 0.29) is 35.2 Å². The Morgan fingerprint density at radius 3 is 2.65 bits per heavy atom. The molecule has 5 rings (SSSR count). The number of aromatic nitrogens is 4. The summed E-state index contributed by atoms with van der Waals surface area (Å²) in [5, 5.41) is 4.56. The SMILES string of the molecule is CCOC(=O)c1sc(N2CC[C@@H](CC(=O)c3[nH]c(C)c(Cl)c3Cl)[C@@H](C)C2)nc1-c1cnc(NCCN2CCCC2=O)cn1. The molecule has 3 aromatic rings. The number of piperidine rings is 1. The molecule has 0 spiro atoms. The molecule has 0 aliphatic carbocycles. The van der Waals surface area contributed by atoms with Crippen molar-refractivity contribution in [3.05, 3.63) is 38.7 Å². The molecule has 3 aromatic heterocycles. The van der Waals surface area contributed by atoms with Crippen LogP contribution in [0.2, 0.25) is 10.0 Å². The van der Waals surface area contributed by atoms with E-state index in [4.69, 9.17) is 32.9 Å².